The molecule has 1 heterocycles. The summed E-state index contributed by atoms with van der Waals surface area (Å²) in [7, 11) is -0.896. The molecule has 31 heavy (non-hydrogen) atoms. The van der Waals surface area contributed by atoms with Gasteiger partial charge in [-0.25, -0.2) is 9.40 Å². The Morgan fingerprint density at radius 3 is 2.55 bits per heavy atom. The van der Waals surface area contributed by atoms with E-state index in [2.05, 4.69) is 9.50 Å². The Balaban J connectivity index is 1.63. The van der Waals surface area contributed by atoms with Crippen LogP contribution in [0.4, 0.5) is 4.39 Å². The lowest BCUT2D eigenvalue weighted by Crippen LogP contribution is -2.21. The molecule has 0 N–H and O–H groups in total. The Kier molecular flexibility index (Phi) is 5.43. The maximum Gasteiger partial charge on any atom is 0.285 e. The summed E-state index contributed by atoms with van der Waals surface area (Å²) in [4.78, 5) is 0.0772. The van der Waals surface area contributed by atoms with Crippen LogP contribution in [0.3, 0.4) is 0 Å². The van der Waals surface area contributed by atoms with Crippen molar-refractivity contribution >= 4 is 22.1 Å². The summed E-state index contributed by atoms with van der Waals surface area (Å²) in [5.74, 6) is 0.840. The van der Waals surface area contributed by atoms with E-state index in [1.165, 1.54) is 42.6 Å². The van der Waals surface area contributed by atoms with Gasteiger partial charge in [0.1, 0.15) is 16.4 Å². The number of sulfonamides is 1. The monoisotopic (exact) mass is 439 g/mol. The normalized spacial score (nSPS) is 14.2. The average molecular weight is 439 g/mol. The number of halogens is 1. The van der Waals surface area contributed by atoms with Gasteiger partial charge in [-0.3, -0.25) is 0 Å². The average Bonchev–Trinajstić information content (AvgIpc) is 3.04. The summed E-state index contributed by atoms with van der Waals surface area (Å²) in [6, 6.07) is 18.1. The van der Waals surface area contributed by atoms with Gasteiger partial charge in [0, 0.05) is 12.6 Å². The Labute approximate surface area is 179 Å². The molecule has 0 amide bonds. The van der Waals surface area contributed by atoms with Crippen LogP contribution in [0.15, 0.2) is 81.1 Å². The SMILES string of the molecule is COc1cc(/C=N/N(C)C2=NS(=O)(=O)c3ccc(Oc4ccccc4)cc32)ccc1F. The number of methoxy groups -OCH3 is 1. The predicted molar refractivity (Wildman–Crippen MR) is 115 cm³/mol. The molecule has 158 valence electrons. The lowest BCUT2D eigenvalue weighted by molar-refractivity contribution is 0.386. The molecule has 0 saturated heterocycles. The van der Waals surface area contributed by atoms with Crippen molar-refractivity contribution < 1.29 is 22.3 Å². The van der Waals surface area contributed by atoms with Gasteiger partial charge < -0.3 is 9.47 Å². The first kappa shape index (κ1) is 20.5. The molecule has 3 aromatic rings. The number of rotatable bonds is 5. The molecule has 4 rings (SSSR count). The third-order valence-corrected chi connectivity index (χ3v) is 5.84. The molecule has 0 fully saturated rings. The van der Waals surface area contributed by atoms with Gasteiger partial charge >= 0.3 is 0 Å². The van der Waals surface area contributed by atoms with Crippen molar-refractivity contribution in [2.24, 2.45) is 9.50 Å². The van der Waals surface area contributed by atoms with Crippen LogP contribution in [0, 0.1) is 5.82 Å². The molecule has 1 aliphatic heterocycles. The van der Waals surface area contributed by atoms with E-state index >= 15 is 0 Å². The van der Waals surface area contributed by atoms with Crippen molar-refractivity contribution in [3.8, 4) is 17.2 Å². The zero-order valence-electron chi connectivity index (χ0n) is 16.7. The fourth-order valence-electron chi connectivity index (χ4n) is 3.01. The maximum atomic E-state index is 13.6. The molecule has 9 heteroatoms. The summed E-state index contributed by atoms with van der Waals surface area (Å²) in [6.07, 6.45) is 1.46. The molecular formula is C22H18FN3O4S. The Morgan fingerprint density at radius 2 is 1.81 bits per heavy atom. The summed E-state index contributed by atoms with van der Waals surface area (Å²) in [5.41, 5.74) is 0.956. The minimum absolute atomic E-state index is 0.0772. The Hall–Kier alpha value is -3.72. The van der Waals surface area contributed by atoms with Crippen LogP contribution < -0.4 is 9.47 Å². The van der Waals surface area contributed by atoms with Gasteiger partial charge in [-0.2, -0.15) is 13.5 Å². The van der Waals surface area contributed by atoms with E-state index in [0.717, 1.165) is 0 Å². The van der Waals surface area contributed by atoms with Crippen molar-refractivity contribution in [1.29, 1.82) is 0 Å². The van der Waals surface area contributed by atoms with E-state index in [1.807, 2.05) is 18.2 Å². The molecule has 0 spiro atoms. The van der Waals surface area contributed by atoms with E-state index in [-0.39, 0.29) is 16.5 Å². The standard InChI is InChI=1S/C22H18FN3O4S/c1-26(24-14-15-8-10-19(23)20(12-15)29-2)22-18-13-17(30-16-6-4-3-5-7-16)9-11-21(18)31(27,28)25-22/h3-14H,1-2H3/b24-14+. The molecule has 0 radical (unpaired) electrons. The van der Waals surface area contributed by atoms with Crippen LogP contribution in [-0.2, 0) is 10.0 Å². The number of benzene rings is 3. The van der Waals surface area contributed by atoms with Crippen LogP contribution in [0.2, 0.25) is 0 Å². The number of hydrazone groups is 1. The first-order valence-corrected chi connectivity index (χ1v) is 10.6. The van der Waals surface area contributed by atoms with Crippen LogP contribution in [0.5, 0.6) is 17.2 Å². The molecule has 0 unspecified atom stereocenters. The summed E-state index contributed by atoms with van der Waals surface area (Å²) >= 11 is 0. The van der Waals surface area contributed by atoms with Crippen molar-refractivity contribution in [2.75, 3.05) is 14.2 Å². The largest absolute Gasteiger partial charge is 0.494 e. The van der Waals surface area contributed by atoms with E-state index in [1.54, 1.807) is 31.3 Å². The molecular weight excluding hydrogens is 421 g/mol. The van der Waals surface area contributed by atoms with Crippen molar-refractivity contribution in [3.05, 3.63) is 83.7 Å². The number of para-hydroxylation sites is 1. The smallest absolute Gasteiger partial charge is 0.285 e. The molecule has 3 aromatic carbocycles. The quantitative estimate of drug-likeness (QED) is 0.443. The topological polar surface area (TPSA) is 80.6 Å². The maximum absolute atomic E-state index is 13.6. The van der Waals surface area contributed by atoms with Gasteiger partial charge in [0.05, 0.1) is 13.3 Å². The fourth-order valence-corrected chi connectivity index (χ4v) is 4.22. The second-order valence-corrected chi connectivity index (χ2v) is 8.20. The summed E-state index contributed by atoms with van der Waals surface area (Å²) < 4.78 is 53.1. The van der Waals surface area contributed by atoms with Crippen molar-refractivity contribution in [3.63, 3.8) is 0 Å². The first-order chi connectivity index (χ1) is 14.9. The number of hydrogen-bond acceptors (Lipinski definition) is 6. The Morgan fingerprint density at radius 1 is 1.03 bits per heavy atom. The highest BCUT2D eigenvalue weighted by atomic mass is 32.2. The van der Waals surface area contributed by atoms with Crippen molar-refractivity contribution in [2.45, 2.75) is 4.90 Å². The number of ether oxygens (including phenoxy) is 2. The lowest BCUT2D eigenvalue weighted by atomic mass is 10.2. The number of nitrogens with zero attached hydrogens (tertiary/aromatic N) is 3. The van der Waals surface area contributed by atoms with Crippen LogP contribution in [0.25, 0.3) is 0 Å². The van der Waals surface area contributed by atoms with E-state index in [0.29, 0.717) is 22.6 Å². The molecule has 0 bridgehead atoms. The van der Waals surface area contributed by atoms with Gasteiger partial charge in [-0.05, 0) is 48.0 Å². The van der Waals surface area contributed by atoms with Crippen LogP contribution >= 0.6 is 0 Å². The molecule has 0 aromatic heterocycles. The summed E-state index contributed by atoms with van der Waals surface area (Å²) in [6.45, 7) is 0. The molecule has 0 aliphatic carbocycles. The van der Waals surface area contributed by atoms with Gasteiger partial charge in [0.25, 0.3) is 10.0 Å². The second-order valence-electron chi connectivity index (χ2n) is 6.63. The molecule has 0 saturated carbocycles. The zero-order valence-corrected chi connectivity index (χ0v) is 17.5. The van der Waals surface area contributed by atoms with E-state index in [4.69, 9.17) is 9.47 Å². The summed E-state index contributed by atoms with van der Waals surface area (Å²) in [5, 5.41) is 5.59. The van der Waals surface area contributed by atoms with Crippen molar-refractivity contribution in [1.82, 2.24) is 5.01 Å². The third-order valence-electron chi connectivity index (χ3n) is 4.52. The van der Waals surface area contributed by atoms with Gasteiger partial charge in [-0.15, -0.1) is 4.40 Å². The van der Waals surface area contributed by atoms with Crippen LogP contribution in [0.1, 0.15) is 11.1 Å². The second kappa shape index (κ2) is 8.19. The third kappa shape index (κ3) is 4.26. The lowest BCUT2D eigenvalue weighted by Gasteiger charge is -2.13. The fraction of sp³-hybridized carbons (Fsp3) is 0.0909. The molecule has 1 aliphatic rings. The number of fused-ring (bicyclic) bond motifs is 1. The highest BCUT2D eigenvalue weighted by molar-refractivity contribution is 7.90. The highest BCUT2D eigenvalue weighted by Gasteiger charge is 2.31. The zero-order chi connectivity index (χ0) is 22.0. The Bertz CT molecular complexity index is 1290. The van der Waals surface area contributed by atoms with E-state index in [9.17, 15) is 12.8 Å². The highest BCUT2D eigenvalue weighted by Crippen LogP contribution is 2.32. The van der Waals surface area contributed by atoms with Gasteiger partial charge in [0.2, 0.25) is 0 Å². The number of hydrogen-bond donors (Lipinski definition) is 0. The van der Waals surface area contributed by atoms with Gasteiger partial charge in [-0.1, -0.05) is 24.3 Å². The minimum Gasteiger partial charge on any atom is -0.494 e. The molecule has 0 atom stereocenters. The predicted octanol–water partition coefficient (Wildman–Crippen LogP) is 4.04. The number of amidine groups is 1. The van der Waals surface area contributed by atoms with E-state index < -0.39 is 15.8 Å². The molecule has 7 nitrogen and oxygen atoms in total. The van der Waals surface area contributed by atoms with Crippen LogP contribution in [-0.4, -0.2) is 39.6 Å². The van der Waals surface area contributed by atoms with Gasteiger partial charge in [0.15, 0.2) is 17.4 Å². The first-order valence-electron chi connectivity index (χ1n) is 9.21. The minimum atomic E-state index is -3.84.